The van der Waals surface area contributed by atoms with Crippen LogP contribution in [0.1, 0.15) is 65.5 Å². The SMILES string of the molecule is CC.CCNC(=O)CN(C)C(=O)C(NC[C@@H](C)Oc1ccccc1CCCNC=O)C(C)CC.Cc1ccc(F)cc1. The molecule has 0 aromatic heterocycles. The van der Waals surface area contributed by atoms with Crippen LogP contribution in [0.15, 0.2) is 48.5 Å². The molecule has 0 heterocycles. The van der Waals surface area contributed by atoms with Crippen molar-refractivity contribution in [2.24, 2.45) is 5.92 Å². The molecule has 2 unspecified atom stereocenters. The van der Waals surface area contributed by atoms with Gasteiger partial charge in [-0.1, -0.05) is 70.0 Å². The highest BCUT2D eigenvalue weighted by Crippen LogP contribution is 2.21. The Balaban J connectivity index is 0.00000142. The summed E-state index contributed by atoms with van der Waals surface area (Å²) >= 11 is 0. The number of likely N-dealkylation sites (N-methyl/N-ethyl adjacent to an activating group) is 2. The summed E-state index contributed by atoms with van der Waals surface area (Å²) in [6, 6.07) is 13.9. The maximum Gasteiger partial charge on any atom is 0.240 e. The van der Waals surface area contributed by atoms with E-state index in [0.29, 0.717) is 26.0 Å². The molecule has 2 aromatic carbocycles. The van der Waals surface area contributed by atoms with Gasteiger partial charge >= 0.3 is 0 Å². The molecule has 8 nitrogen and oxygen atoms in total. The Labute approximate surface area is 252 Å². The lowest BCUT2D eigenvalue weighted by atomic mass is 9.97. The Morgan fingerprint density at radius 1 is 1.05 bits per heavy atom. The van der Waals surface area contributed by atoms with Crippen LogP contribution < -0.4 is 20.7 Å². The number of amides is 3. The molecule has 0 aliphatic rings. The van der Waals surface area contributed by atoms with Crippen LogP contribution in [-0.4, -0.2) is 68.5 Å². The first-order chi connectivity index (χ1) is 20.1. The third kappa shape index (κ3) is 16.1. The van der Waals surface area contributed by atoms with Gasteiger partial charge in [0.25, 0.3) is 0 Å². The van der Waals surface area contributed by atoms with Crippen LogP contribution in [0.5, 0.6) is 5.75 Å². The van der Waals surface area contributed by atoms with Crippen molar-refractivity contribution in [1.82, 2.24) is 20.9 Å². The van der Waals surface area contributed by atoms with E-state index in [2.05, 4.69) is 16.0 Å². The lowest BCUT2D eigenvalue weighted by Gasteiger charge is -2.29. The van der Waals surface area contributed by atoms with Gasteiger partial charge in [-0.2, -0.15) is 0 Å². The van der Waals surface area contributed by atoms with Gasteiger partial charge in [-0.3, -0.25) is 14.4 Å². The van der Waals surface area contributed by atoms with E-state index in [1.54, 1.807) is 19.2 Å². The predicted octanol–water partition coefficient (Wildman–Crippen LogP) is 4.89. The summed E-state index contributed by atoms with van der Waals surface area (Å²) in [5, 5.41) is 8.76. The molecule has 0 bridgehead atoms. The van der Waals surface area contributed by atoms with Crippen LogP contribution in [0.2, 0.25) is 0 Å². The number of hydrogen-bond donors (Lipinski definition) is 3. The minimum atomic E-state index is -0.393. The van der Waals surface area contributed by atoms with Crippen LogP contribution in [0.4, 0.5) is 4.39 Å². The minimum absolute atomic E-state index is 0.0413. The molecule has 42 heavy (non-hydrogen) atoms. The van der Waals surface area contributed by atoms with E-state index in [1.807, 2.05) is 72.7 Å². The van der Waals surface area contributed by atoms with Crippen molar-refractivity contribution in [3.05, 3.63) is 65.5 Å². The summed E-state index contributed by atoms with van der Waals surface area (Å²) in [6.07, 6.45) is 3.02. The fraction of sp³-hybridized carbons (Fsp3) is 0.545. The highest BCUT2D eigenvalue weighted by atomic mass is 19.1. The van der Waals surface area contributed by atoms with Gasteiger partial charge in [0.2, 0.25) is 18.2 Å². The van der Waals surface area contributed by atoms with E-state index >= 15 is 0 Å². The maximum atomic E-state index is 13.0. The molecule has 0 aliphatic heterocycles. The first-order valence-corrected chi connectivity index (χ1v) is 15.0. The molecule has 0 saturated carbocycles. The first kappa shape index (κ1) is 38.5. The number of para-hydroxylation sites is 1. The van der Waals surface area contributed by atoms with Gasteiger partial charge in [-0.05, 0) is 63.3 Å². The van der Waals surface area contributed by atoms with Gasteiger partial charge in [0.15, 0.2) is 0 Å². The number of nitrogens with one attached hydrogen (secondary N) is 3. The van der Waals surface area contributed by atoms with Crippen molar-refractivity contribution in [2.45, 2.75) is 79.9 Å². The van der Waals surface area contributed by atoms with E-state index < -0.39 is 6.04 Å². The maximum absolute atomic E-state index is 13.0. The van der Waals surface area contributed by atoms with E-state index in [0.717, 1.165) is 36.1 Å². The summed E-state index contributed by atoms with van der Waals surface area (Å²) in [5.74, 6) is 0.496. The second-order valence-electron chi connectivity index (χ2n) is 9.93. The van der Waals surface area contributed by atoms with Crippen molar-refractivity contribution in [1.29, 1.82) is 0 Å². The highest BCUT2D eigenvalue weighted by molar-refractivity contribution is 5.87. The van der Waals surface area contributed by atoms with Crippen LogP contribution in [0.25, 0.3) is 0 Å². The molecule has 236 valence electrons. The van der Waals surface area contributed by atoms with Crippen molar-refractivity contribution in [3.8, 4) is 5.75 Å². The summed E-state index contributed by atoms with van der Waals surface area (Å²) in [5.41, 5.74) is 2.18. The Bertz CT molecular complexity index is 998. The normalized spacial score (nSPS) is 12.2. The third-order valence-corrected chi connectivity index (χ3v) is 6.40. The van der Waals surface area contributed by atoms with Crippen LogP contribution in [0.3, 0.4) is 0 Å². The topological polar surface area (TPSA) is 99.8 Å². The number of halogens is 1. The number of rotatable bonds is 16. The van der Waals surface area contributed by atoms with Crippen LogP contribution in [-0.2, 0) is 20.8 Å². The van der Waals surface area contributed by atoms with Crippen LogP contribution in [0, 0.1) is 18.7 Å². The van der Waals surface area contributed by atoms with Gasteiger partial charge in [0.05, 0.1) is 12.6 Å². The quantitative estimate of drug-likeness (QED) is 0.192. The molecule has 0 radical (unpaired) electrons. The second-order valence-corrected chi connectivity index (χ2v) is 9.93. The standard InChI is InChI=1S/C24H40N4O4.C7H7F.C2H6/c1-6-18(3)23(24(31)28(5)16-22(30)26-7-2)27-15-19(4)32-21-13-9-8-11-20(21)12-10-14-25-17-29;1-6-2-4-7(8)5-3-6;1-2/h8-9,11,13,17-19,23,27H,6-7,10,12,14-16H2,1-5H3,(H,25,29)(H,26,30);2-5H,1H3;1-2H3/t18?,19-,23?;;/m1../s1. The summed E-state index contributed by atoms with van der Waals surface area (Å²) < 4.78 is 18.2. The monoisotopic (exact) mass is 588 g/mol. The van der Waals surface area contributed by atoms with Gasteiger partial charge in [-0.15, -0.1) is 0 Å². The molecule has 0 aliphatic carbocycles. The summed E-state index contributed by atoms with van der Waals surface area (Å²) in [4.78, 5) is 36.7. The van der Waals surface area contributed by atoms with Gasteiger partial charge in [0, 0.05) is 26.7 Å². The molecular formula is C33H53FN4O4. The van der Waals surface area contributed by atoms with E-state index in [-0.39, 0.29) is 36.2 Å². The number of aryl methyl sites for hydroxylation is 2. The lowest BCUT2D eigenvalue weighted by Crippen LogP contribution is -2.52. The lowest BCUT2D eigenvalue weighted by molar-refractivity contribution is -0.137. The second kappa shape index (κ2) is 23.1. The fourth-order valence-electron chi connectivity index (χ4n) is 3.90. The highest BCUT2D eigenvalue weighted by Gasteiger charge is 2.28. The molecule has 3 amide bonds. The molecule has 0 saturated heterocycles. The summed E-state index contributed by atoms with van der Waals surface area (Å²) in [7, 11) is 1.66. The largest absolute Gasteiger partial charge is 0.489 e. The fourth-order valence-corrected chi connectivity index (χ4v) is 3.90. The van der Waals surface area contributed by atoms with Crippen molar-refractivity contribution < 1.29 is 23.5 Å². The zero-order valence-electron chi connectivity index (χ0n) is 26.8. The number of carbonyl (C=O) groups excluding carboxylic acids is 3. The van der Waals surface area contributed by atoms with Gasteiger partial charge in [-0.25, -0.2) is 4.39 Å². The number of benzene rings is 2. The Morgan fingerprint density at radius 3 is 2.26 bits per heavy atom. The Morgan fingerprint density at radius 2 is 1.69 bits per heavy atom. The third-order valence-electron chi connectivity index (χ3n) is 6.40. The van der Waals surface area contributed by atoms with E-state index in [1.165, 1.54) is 17.0 Å². The Kier molecular flexibility index (Phi) is 21.2. The number of ether oxygens (including phenoxy) is 1. The minimum Gasteiger partial charge on any atom is -0.489 e. The molecular weight excluding hydrogens is 535 g/mol. The molecule has 2 rings (SSSR count). The van der Waals surface area contributed by atoms with Crippen molar-refractivity contribution in [3.63, 3.8) is 0 Å². The van der Waals surface area contributed by atoms with Crippen LogP contribution >= 0.6 is 0 Å². The zero-order chi connectivity index (χ0) is 31.9. The molecule has 3 atom stereocenters. The molecule has 0 spiro atoms. The number of nitrogens with zero attached hydrogens (tertiary/aromatic N) is 1. The molecule has 0 fully saturated rings. The van der Waals surface area contributed by atoms with Crippen molar-refractivity contribution >= 4 is 18.2 Å². The average molecular weight is 589 g/mol. The van der Waals surface area contributed by atoms with E-state index in [9.17, 15) is 18.8 Å². The predicted molar refractivity (Wildman–Crippen MR) is 169 cm³/mol. The Hall–Kier alpha value is -3.46. The molecule has 9 heteroatoms. The number of hydrogen-bond acceptors (Lipinski definition) is 5. The van der Waals surface area contributed by atoms with Crippen molar-refractivity contribution in [2.75, 3.05) is 33.2 Å². The summed E-state index contributed by atoms with van der Waals surface area (Å²) in [6.45, 7) is 15.5. The van der Waals surface area contributed by atoms with E-state index in [4.69, 9.17) is 4.74 Å². The molecule has 3 N–H and O–H groups in total. The first-order valence-electron chi connectivity index (χ1n) is 15.0. The van der Waals surface area contributed by atoms with Gasteiger partial charge in [0.1, 0.15) is 17.7 Å². The smallest absolute Gasteiger partial charge is 0.240 e. The average Bonchev–Trinajstić information content (AvgIpc) is 2.98. The molecule has 2 aromatic rings. The number of carbonyl (C=O) groups is 3. The van der Waals surface area contributed by atoms with Gasteiger partial charge < -0.3 is 25.6 Å². The zero-order valence-corrected chi connectivity index (χ0v) is 26.8.